The fourth-order valence-electron chi connectivity index (χ4n) is 3.43. The van der Waals surface area contributed by atoms with Gasteiger partial charge < -0.3 is 11.5 Å². The highest BCUT2D eigenvalue weighted by Crippen LogP contribution is 2.35. The number of nitrogens with zero attached hydrogens (tertiary/aromatic N) is 1. The summed E-state index contributed by atoms with van der Waals surface area (Å²) in [6, 6.07) is 28.9. The van der Waals surface area contributed by atoms with E-state index >= 15 is 0 Å². The van der Waals surface area contributed by atoms with Crippen molar-refractivity contribution in [1.29, 1.82) is 0 Å². The average molecular weight is 325 g/mol. The van der Waals surface area contributed by atoms with Gasteiger partial charge in [-0.1, -0.05) is 84.9 Å². The number of rotatable bonds is 3. The summed E-state index contributed by atoms with van der Waals surface area (Å²) in [5.41, 5.74) is 13.8. The standard InChI is InChI=1S/C22H19N3/c23-22(24)25-21(19-13-5-9-15-7-1-3-11-17(15)19)20-14-6-10-16-8-2-4-12-18(16)20/h1-14,21H,(H4,23,24,25). The van der Waals surface area contributed by atoms with Gasteiger partial charge in [0.25, 0.3) is 0 Å². The molecule has 4 aromatic rings. The van der Waals surface area contributed by atoms with Crippen molar-refractivity contribution in [3.63, 3.8) is 0 Å². The third-order valence-corrected chi connectivity index (χ3v) is 4.51. The van der Waals surface area contributed by atoms with Crippen LogP contribution in [0.5, 0.6) is 0 Å². The molecule has 0 saturated carbocycles. The van der Waals surface area contributed by atoms with Gasteiger partial charge in [-0.25, -0.2) is 4.99 Å². The lowest BCUT2D eigenvalue weighted by molar-refractivity contribution is 0.885. The Balaban J connectivity index is 2.02. The van der Waals surface area contributed by atoms with E-state index < -0.39 is 0 Å². The Morgan fingerprint density at radius 2 is 1.04 bits per heavy atom. The third kappa shape index (κ3) is 2.81. The molecule has 0 atom stereocenters. The average Bonchev–Trinajstić information content (AvgIpc) is 2.65. The van der Waals surface area contributed by atoms with Gasteiger partial charge in [0, 0.05) is 0 Å². The predicted molar refractivity (Wildman–Crippen MR) is 106 cm³/mol. The van der Waals surface area contributed by atoms with E-state index in [0.29, 0.717) is 0 Å². The van der Waals surface area contributed by atoms with Crippen molar-refractivity contribution < 1.29 is 0 Å². The van der Waals surface area contributed by atoms with E-state index in [1.54, 1.807) is 0 Å². The zero-order valence-electron chi connectivity index (χ0n) is 13.8. The fourth-order valence-corrected chi connectivity index (χ4v) is 3.43. The van der Waals surface area contributed by atoms with Crippen molar-refractivity contribution in [3.8, 4) is 0 Å². The molecule has 4 aromatic carbocycles. The summed E-state index contributed by atoms with van der Waals surface area (Å²) in [6.07, 6.45) is 0. The SMILES string of the molecule is NC(N)=NC(c1cccc2ccccc12)c1cccc2ccccc12. The number of nitrogens with two attached hydrogens (primary N) is 2. The lowest BCUT2D eigenvalue weighted by atomic mass is 9.91. The molecule has 0 fully saturated rings. The van der Waals surface area contributed by atoms with Gasteiger partial charge in [0.05, 0.1) is 0 Å². The monoisotopic (exact) mass is 325 g/mol. The molecule has 0 bridgehead atoms. The Morgan fingerprint density at radius 1 is 0.600 bits per heavy atom. The van der Waals surface area contributed by atoms with Gasteiger partial charge >= 0.3 is 0 Å². The highest BCUT2D eigenvalue weighted by molar-refractivity contribution is 5.90. The van der Waals surface area contributed by atoms with Crippen LogP contribution < -0.4 is 11.5 Å². The molecule has 3 nitrogen and oxygen atoms in total. The van der Waals surface area contributed by atoms with Crippen LogP contribution in [0, 0.1) is 0 Å². The minimum absolute atomic E-state index is 0.0888. The molecule has 3 heteroatoms. The highest BCUT2D eigenvalue weighted by Gasteiger charge is 2.18. The summed E-state index contributed by atoms with van der Waals surface area (Å²) < 4.78 is 0. The second-order valence-electron chi connectivity index (χ2n) is 6.09. The van der Waals surface area contributed by atoms with E-state index in [4.69, 9.17) is 11.5 Å². The largest absolute Gasteiger partial charge is 0.370 e. The van der Waals surface area contributed by atoms with Crippen molar-refractivity contribution in [2.75, 3.05) is 0 Å². The summed E-state index contributed by atoms with van der Waals surface area (Å²) in [5.74, 6) is 0.0888. The Morgan fingerprint density at radius 3 is 1.52 bits per heavy atom. The number of guanidine groups is 1. The number of hydrogen-bond donors (Lipinski definition) is 2. The maximum absolute atomic E-state index is 5.78. The topological polar surface area (TPSA) is 64.4 Å². The molecule has 0 aromatic heterocycles. The minimum atomic E-state index is -0.248. The quantitative estimate of drug-likeness (QED) is 0.434. The van der Waals surface area contributed by atoms with E-state index in [1.165, 1.54) is 10.8 Å². The molecule has 0 heterocycles. The number of aliphatic imine (C=N–C) groups is 1. The van der Waals surface area contributed by atoms with Gasteiger partial charge in [-0.2, -0.15) is 0 Å². The fraction of sp³-hybridized carbons (Fsp3) is 0.0455. The van der Waals surface area contributed by atoms with Crippen molar-refractivity contribution >= 4 is 27.5 Å². The van der Waals surface area contributed by atoms with Crippen LogP contribution in [0.15, 0.2) is 89.9 Å². The summed E-state index contributed by atoms with van der Waals surface area (Å²) in [4.78, 5) is 4.59. The van der Waals surface area contributed by atoms with Crippen molar-refractivity contribution in [3.05, 3.63) is 96.1 Å². The Hall–Kier alpha value is -3.33. The molecule has 0 aliphatic heterocycles. The molecule has 0 spiro atoms. The molecule has 122 valence electrons. The zero-order chi connectivity index (χ0) is 17.2. The molecule has 4 N–H and O–H groups in total. The van der Waals surface area contributed by atoms with Gasteiger partial charge in [0.15, 0.2) is 5.96 Å². The zero-order valence-corrected chi connectivity index (χ0v) is 13.8. The van der Waals surface area contributed by atoms with E-state index in [2.05, 4.69) is 65.7 Å². The van der Waals surface area contributed by atoms with Crippen LogP contribution in [0.4, 0.5) is 0 Å². The second-order valence-corrected chi connectivity index (χ2v) is 6.09. The van der Waals surface area contributed by atoms with Crippen LogP contribution in [0.3, 0.4) is 0 Å². The first-order valence-electron chi connectivity index (χ1n) is 8.28. The van der Waals surface area contributed by atoms with Crippen LogP contribution >= 0.6 is 0 Å². The Bertz CT molecular complexity index is 989. The molecule has 0 aliphatic rings. The van der Waals surface area contributed by atoms with Crippen molar-refractivity contribution in [1.82, 2.24) is 0 Å². The van der Waals surface area contributed by atoms with Gasteiger partial charge in [-0.3, -0.25) is 0 Å². The van der Waals surface area contributed by atoms with Crippen LogP contribution in [-0.2, 0) is 0 Å². The van der Waals surface area contributed by atoms with Gasteiger partial charge in [0.2, 0.25) is 0 Å². The van der Waals surface area contributed by atoms with Crippen LogP contribution in [0.1, 0.15) is 17.2 Å². The number of benzene rings is 4. The van der Waals surface area contributed by atoms with E-state index in [0.717, 1.165) is 21.9 Å². The first-order chi connectivity index (χ1) is 12.2. The normalized spacial score (nSPS) is 11.1. The molecular formula is C22H19N3. The molecule has 4 rings (SSSR count). The second kappa shape index (κ2) is 6.29. The third-order valence-electron chi connectivity index (χ3n) is 4.51. The van der Waals surface area contributed by atoms with Crippen molar-refractivity contribution in [2.45, 2.75) is 6.04 Å². The molecule has 0 aliphatic carbocycles. The van der Waals surface area contributed by atoms with Crippen molar-refractivity contribution in [2.24, 2.45) is 16.5 Å². The Kier molecular flexibility index (Phi) is 3.82. The molecule has 0 unspecified atom stereocenters. The minimum Gasteiger partial charge on any atom is -0.370 e. The summed E-state index contributed by atoms with van der Waals surface area (Å²) in [7, 11) is 0. The number of hydrogen-bond acceptors (Lipinski definition) is 1. The molecule has 0 amide bonds. The molecule has 25 heavy (non-hydrogen) atoms. The summed E-state index contributed by atoms with van der Waals surface area (Å²) in [5, 5.41) is 4.67. The lowest BCUT2D eigenvalue weighted by Gasteiger charge is -2.18. The van der Waals surface area contributed by atoms with Gasteiger partial charge in [-0.15, -0.1) is 0 Å². The van der Waals surface area contributed by atoms with Gasteiger partial charge in [-0.05, 0) is 32.7 Å². The molecule has 0 saturated heterocycles. The van der Waals surface area contributed by atoms with E-state index in [-0.39, 0.29) is 12.0 Å². The van der Waals surface area contributed by atoms with Crippen LogP contribution in [0.2, 0.25) is 0 Å². The lowest BCUT2D eigenvalue weighted by Crippen LogP contribution is -2.24. The predicted octanol–water partition coefficient (Wildman–Crippen LogP) is 4.36. The van der Waals surface area contributed by atoms with E-state index in [1.807, 2.05) is 24.3 Å². The summed E-state index contributed by atoms with van der Waals surface area (Å²) in [6.45, 7) is 0. The highest BCUT2D eigenvalue weighted by atomic mass is 15.0. The van der Waals surface area contributed by atoms with E-state index in [9.17, 15) is 0 Å². The molecule has 0 radical (unpaired) electrons. The number of fused-ring (bicyclic) bond motifs is 2. The first kappa shape index (κ1) is 15.2. The maximum Gasteiger partial charge on any atom is 0.186 e. The maximum atomic E-state index is 5.78. The first-order valence-corrected chi connectivity index (χ1v) is 8.28. The van der Waals surface area contributed by atoms with Gasteiger partial charge in [0.1, 0.15) is 6.04 Å². The smallest absolute Gasteiger partial charge is 0.186 e. The van der Waals surface area contributed by atoms with Crippen LogP contribution in [0.25, 0.3) is 21.5 Å². The Labute approximate surface area is 146 Å². The molecular weight excluding hydrogens is 306 g/mol. The van der Waals surface area contributed by atoms with Crippen LogP contribution in [-0.4, -0.2) is 5.96 Å². The summed E-state index contributed by atoms with van der Waals surface area (Å²) >= 11 is 0.